The van der Waals surface area contributed by atoms with Crippen LogP contribution in [0.3, 0.4) is 0 Å². The maximum absolute atomic E-state index is 12.0. The number of rotatable bonds is 4. The number of nitrogens with one attached hydrogen (secondary N) is 1. The van der Waals surface area contributed by atoms with Crippen molar-refractivity contribution in [2.75, 3.05) is 6.54 Å². The van der Waals surface area contributed by atoms with E-state index in [9.17, 15) is 4.79 Å². The smallest absolute Gasteiger partial charge is 0.255 e. The fourth-order valence-electron chi connectivity index (χ4n) is 1.64. The number of amidine groups is 1. The molecule has 0 bridgehead atoms. The van der Waals surface area contributed by atoms with Crippen LogP contribution in [-0.4, -0.2) is 33.3 Å². The molecule has 1 amide bonds. The van der Waals surface area contributed by atoms with Crippen molar-refractivity contribution in [1.29, 1.82) is 0 Å². The van der Waals surface area contributed by atoms with E-state index in [0.29, 0.717) is 17.8 Å². The van der Waals surface area contributed by atoms with Gasteiger partial charge >= 0.3 is 0 Å². The van der Waals surface area contributed by atoms with Crippen molar-refractivity contribution >= 4 is 11.7 Å². The Labute approximate surface area is 106 Å². The molecule has 1 rings (SSSR count). The number of aromatic nitrogens is 2. The van der Waals surface area contributed by atoms with Crippen molar-refractivity contribution in [2.45, 2.75) is 20.8 Å². The van der Waals surface area contributed by atoms with Gasteiger partial charge in [-0.2, -0.15) is 5.10 Å². The van der Waals surface area contributed by atoms with Crippen molar-refractivity contribution in [3.05, 3.63) is 17.0 Å². The lowest BCUT2D eigenvalue weighted by atomic mass is 10.1. The van der Waals surface area contributed by atoms with E-state index in [1.165, 1.54) is 0 Å². The number of carbonyl (C=O) groups is 1. The Kier molecular flexibility index (Phi) is 4.30. The van der Waals surface area contributed by atoms with Gasteiger partial charge < -0.3 is 16.3 Å². The number of oxime groups is 1. The van der Waals surface area contributed by atoms with Crippen LogP contribution in [0.25, 0.3) is 0 Å². The lowest BCUT2D eigenvalue weighted by Gasteiger charge is -2.11. The van der Waals surface area contributed by atoms with Crippen molar-refractivity contribution < 1.29 is 10.0 Å². The van der Waals surface area contributed by atoms with E-state index in [1.54, 1.807) is 25.6 Å². The monoisotopic (exact) mass is 253 g/mol. The molecule has 0 saturated carbocycles. The van der Waals surface area contributed by atoms with E-state index in [0.717, 1.165) is 5.69 Å². The Hall–Kier alpha value is -2.05. The average molecular weight is 253 g/mol. The van der Waals surface area contributed by atoms with E-state index in [4.69, 9.17) is 10.9 Å². The van der Waals surface area contributed by atoms with E-state index in [2.05, 4.69) is 15.6 Å². The van der Waals surface area contributed by atoms with E-state index < -0.39 is 0 Å². The Bertz CT molecular complexity index is 478. The van der Waals surface area contributed by atoms with Crippen LogP contribution in [-0.2, 0) is 7.05 Å². The number of carbonyl (C=O) groups excluding carboxylic acids is 1. The van der Waals surface area contributed by atoms with Crippen LogP contribution >= 0.6 is 0 Å². The van der Waals surface area contributed by atoms with Crippen molar-refractivity contribution in [3.63, 3.8) is 0 Å². The molecule has 0 spiro atoms. The number of aryl methyl sites for hydroxylation is 2. The van der Waals surface area contributed by atoms with Crippen molar-refractivity contribution in [3.8, 4) is 0 Å². The molecular weight excluding hydrogens is 234 g/mol. The zero-order valence-electron chi connectivity index (χ0n) is 11.1. The number of hydrogen-bond acceptors (Lipinski definition) is 4. The number of nitrogens with zero attached hydrogens (tertiary/aromatic N) is 3. The molecule has 1 unspecified atom stereocenters. The van der Waals surface area contributed by atoms with Crippen LogP contribution in [0.2, 0.25) is 0 Å². The standard InChI is InChI=1S/C11H19N5O2/c1-6(10(12)15-18)5-13-11(17)9-7(2)14-16(4)8(9)3/h6,18H,5H2,1-4H3,(H2,12,15)(H,13,17). The lowest BCUT2D eigenvalue weighted by molar-refractivity contribution is 0.0949. The maximum atomic E-state index is 12.0. The van der Waals surface area contributed by atoms with Gasteiger partial charge in [0.2, 0.25) is 0 Å². The highest BCUT2D eigenvalue weighted by atomic mass is 16.4. The molecule has 18 heavy (non-hydrogen) atoms. The molecule has 0 aliphatic heterocycles. The third-order valence-corrected chi connectivity index (χ3v) is 2.93. The van der Waals surface area contributed by atoms with Gasteiger partial charge in [-0.15, -0.1) is 0 Å². The Morgan fingerprint density at radius 3 is 2.67 bits per heavy atom. The van der Waals surface area contributed by atoms with Crippen LogP contribution < -0.4 is 11.1 Å². The normalized spacial score (nSPS) is 13.4. The molecule has 0 aliphatic carbocycles. The van der Waals surface area contributed by atoms with Gasteiger partial charge in [0.15, 0.2) is 0 Å². The minimum absolute atomic E-state index is 0.0925. The first-order chi connectivity index (χ1) is 8.38. The summed E-state index contributed by atoms with van der Waals surface area (Å²) in [5.74, 6) is -0.332. The van der Waals surface area contributed by atoms with Crippen LogP contribution in [0, 0.1) is 19.8 Å². The van der Waals surface area contributed by atoms with E-state index in [-0.39, 0.29) is 17.7 Å². The molecule has 100 valence electrons. The summed E-state index contributed by atoms with van der Waals surface area (Å²) in [4.78, 5) is 12.0. The summed E-state index contributed by atoms with van der Waals surface area (Å²) in [6.45, 7) is 5.69. The molecule has 0 radical (unpaired) electrons. The maximum Gasteiger partial charge on any atom is 0.255 e. The SMILES string of the molecule is Cc1nn(C)c(C)c1C(=O)NCC(C)C(N)=NO. The van der Waals surface area contributed by atoms with Gasteiger partial charge in [0.25, 0.3) is 5.91 Å². The topological polar surface area (TPSA) is 106 Å². The van der Waals surface area contributed by atoms with Gasteiger partial charge in [0.1, 0.15) is 5.84 Å². The molecule has 7 heteroatoms. The molecular formula is C11H19N5O2. The molecule has 7 nitrogen and oxygen atoms in total. The van der Waals surface area contributed by atoms with Crippen LogP contribution in [0.5, 0.6) is 0 Å². The average Bonchev–Trinajstić information content (AvgIpc) is 2.59. The Morgan fingerprint density at radius 2 is 2.22 bits per heavy atom. The third-order valence-electron chi connectivity index (χ3n) is 2.93. The minimum Gasteiger partial charge on any atom is -0.409 e. The fourth-order valence-corrected chi connectivity index (χ4v) is 1.64. The highest BCUT2D eigenvalue weighted by Gasteiger charge is 2.18. The quantitative estimate of drug-likeness (QED) is 0.307. The number of amides is 1. The number of hydrogen-bond donors (Lipinski definition) is 3. The molecule has 1 heterocycles. The van der Waals surface area contributed by atoms with Gasteiger partial charge in [-0.05, 0) is 13.8 Å². The van der Waals surface area contributed by atoms with Gasteiger partial charge in [-0.3, -0.25) is 9.48 Å². The van der Waals surface area contributed by atoms with Gasteiger partial charge in [-0.1, -0.05) is 12.1 Å². The molecule has 1 atom stereocenters. The summed E-state index contributed by atoms with van der Waals surface area (Å²) >= 11 is 0. The van der Waals surface area contributed by atoms with Crippen LogP contribution in [0.15, 0.2) is 5.16 Å². The predicted octanol–water partition coefficient (Wildman–Crippen LogP) is 0.149. The first-order valence-electron chi connectivity index (χ1n) is 5.64. The summed E-state index contributed by atoms with van der Waals surface area (Å²) in [7, 11) is 1.79. The lowest BCUT2D eigenvalue weighted by Crippen LogP contribution is -2.35. The van der Waals surface area contributed by atoms with Crippen LogP contribution in [0.4, 0.5) is 0 Å². The Morgan fingerprint density at radius 1 is 1.61 bits per heavy atom. The van der Waals surface area contributed by atoms with Crippen molar-refractivity contribution in [2.24, 2.45) is 23.9 Å². The zero-order chi connectivity index (χ0) is 13.9. The molecule has 0 aliphatic rings. The largest absolute Gasteiger partial charge is 0.409 e. The molecule has 1 aromatic heterocycles. The van der Waals surface area contributed by atoms with E-state index >= 15 is 0 Å². The van der Waals surface area contributed by atoms with Gasteiger partial charge in [-0.25, -0.2) is 0 Å². The second kappa shape index (κ2) is 5.52. The summed E-state index contributed by atoms with van der Waals surface area (Å²) in [5, 5.41) is 18.3. The van der Waals surface area contributed by atoms with Gasteiger partial charge in [0.05, 0.1) is 11.3 Å². The fraction of sp³-hybridized carbons (Fsp3) is 0.545. The Balaban J connectivity index is 2.72. The highest BCUT2D eigenvalue weighted by Crippen LogP contribution is 2.11. The van der Waals surface area contributed by atoms with Crippen molar-refractivity contribution in [1.82, 2.24) is 15.1 Å². The summed E-state index contributed by atoms with van der Waals surface area (Å²) in [6, 6.07) is 0. The summed E-state index contributed by atoms with van der Waals surface area (Å²) in [5.41, 5.74) is 7.50. The summed E-state index contributed by atoms with van der Waals surface area (Å²) < 4.78 is 1.66. The zero-order valence-corrected chi connectivity index (χ0v) is 11.1. The predicted molar refractivity (Wildman–Crippen MR) is 67.6 cm³/mol. The molecule has 4 N–H and O–H groups in total. The molecule has 1 aromatic rings. The minimum atomic E-state index is -0.226. The molecule has 0 aromatic carbocycles. The molecule has 0 fully saturated rings. The second-order valence-corrected chi connectivity index (χ2v) is 4.31. The first-order valence-corrected chi connectivity index (χ1v) is 5.64. The van der Waals surface area contributed by atoms with Crippen LogP contribution in [0.1, 0.15) is 28.7 Å². The highest BCUT2D eigenvalue weighted by molar-refractivity contribution is 5.96. The second-order valence-electron chi connectivity index (χ2n) is 4.31. The first kappa shape index (κ1) is 14.0. The van der Waals surface area contributed by atoms with E-state index in [1.807, 2.05) is 6.92 Å². The molecule has 0 saturated heterocycles. The summed E-state index contributed by atoms with van der Waals surface area (Å²) in [6.07, 6.45) is 0. The third kappa shape index (κ3) is 2.79. The number of nitrogens with two attached hydrogens (primary N) is 1. The van der Waals surface area contributed by atoms with Gasteiger partial charge in [0, 0.05) is 25.2 Å².